The second kappa shape index (κ2) is 21.6. The van der Waals surface area contributed by atoms with Crippen molar-refractivity contribution in [2.75, 3.05) is 0 Å². The van der Waals surface area contributed by atoms with Crippen LogP contribution in [0.3, 0.4) is 0 Å². The fourth-order valence-electron chi connectivity index (χ4n) is 5.55. The molecule has 0 unspecified atom stereocenters. The minimum atomic E-state index is -2.00. The molecule has 0 aliphatic rings. The number of unbranched alkanes of at least 4 members (excludes halogenated alkanes) is 12. The van der Waals surface area contributed by atoms with E-state index in [0.717, 1.165) is 25.7 Å². The largest absolute Gasteiger partial charge is 0.414 e. The number of rotatable bonds is 26. The monoisotopic (exact) mass is 713 g/mol. The molecular weight excluding hydrogens is 625 g/mol. The van der Waals surface area contributed by atoms with Crippen molar-refractivity contribution in [2.24, 2.45) is 0 Å². The van der Waals surface area contributed by atoms with Gasteiger partial charge < -0.3 is 13.3 Å². The van der Waals surface area contributed by atoms with Crippen molar-refractivity contribution in [3.05, 3.63) is 12.7 Å². The van der Waals surface area contributed by atoms with Gasteiger partial charge in [0.2, 0.25) is 0 Å². The molecule has 6 heteroatoms. The number of hydrogen-bond donors (Lipinski definition) is 0. The lowest BCUT2D eigenvalue weighted by molar-refractivity contribution is 0.0500. The first-order chi connectivity index (χ1) is 21.4. The Morgan fingerprint density at radius 3 is 1.11 bits per heavy atom. The average molecular weight is 713 g/mol. The van der Waals surface area contributed by atoms with Crippen LogP contribution in [0.1, 0.15) is 178 Å². The predicted molar refractivity (Wildman–Crippen MR) is 221 cm³/mol. The lowest BCUT2D eigenvalue weighted by atomic mass is 9.99. The summed E-state index contributed by atoms with van der Waals surface area (Å²) in [6.45, 7) is 42.1. The first-order valence-electron chi connectivity index (χ1n) is 20.0. The minimum Gasteiger partial charge on any atom is -0.414 e. The van der Waals surface area contributed by atoms with Crippen LogP contribution in [-0.2, 0) is 13.3 Å². The quantitative estimate of drug-likeness (QED) is 0.0508. The van der Waals surface area contributed by atoms with Gasteiger partial charge in [-0.3, -0.25) is 0 Å². The highest BCUT2D eigenvalue weighted by Gasteiger charge is 2.44. The lowest BCUT2D eigenvalue weighted by Gasteiger charge is -2.44. The van der Waals surface area contributed by atoms with Gasteiger partial charge in [0.1, 0.15) is 0 Å². The van der Waals surface area contributed by atoms with Crippen LogP contribution in [0.4, 0.5) is 0 Å². The fourth-order valence-corrected chi connectivity index (χ4v) is 9.71. The molecule has 282 valence electrons. The van der Waals surface area contributed by atoms with Crippen LogP contribution in [0.25, 0.3) is 0 Å². The van der Waals surface area contributed by atoms with E-state index >= 15 is 0 Å². The molecule has 0 amide bonds. The van der Waals surface area contributed by atoms with E-state index in [1.165, 1.54) is 83.5 Å². The van der Waals surface area contributed by atoms with Gasteiger partial charge in [0.05, 0.1) is 6.10 Å². The summed E-state index contributed by atoms with van der Waals surface area (Å²) >= 11 is 0. The molecule has 47 heavy (non-hydrogen) atoms. The zero-order chi connectivity index (χ0) is 36.6. The standard InChI is InChI=1S/C41H88O3Si3/c1-18-20-21-22-23-24-25-26-27-28-29-30-31-33-37(43-46(14,15)40(6,7)8)35-38(44-47(16,17)41(9,10)11)34-36(32-19-2)42-45(12,13)39(3,4)5/h19,36-38H,2,18,20-35H2,1,3-17H3/t36-,37+,38-/m1/s1. The highest BCUT2D eigenvalue weighted by atomic mass is 28.4. The molecule has 0 rings (SSSR count). The highest BCUT2D eigenvalue weighted by Crippen LogP contribution is 2.42. The van der Waals surface area contributed by atoms with E-state index in [0.29, 0.717) is 0 Å². The van der Waals surface area contributed by atoms with Gasteiger partial charge in [0, 0.05) is 12.2 Å². The molecule has 0 saturated heterocycles. The lowest BCUT2D eigenvalue weighted by Crippen LogP contribution is -2.49. The topological polar surface area (TPSA) is 27.7 Å². The molecule has 0 bridgehead atoms. The smallest absolute Gasteiger partial charge is 0.192 e. The summed E-state index contributed by atoms with van der Waals surface area (Å²) in [6, 6.07) is 0. The van der Waals surface area contributed by atoms with Gasteiger partial charge in [0.15, 0.2) is 25.0 Å². The van der Waals surface area contributed by atoms with Gasteiger partial charge in [-0.05, 0) is 80.1 Å². The summed E-state index contributed by atoms with van der Waals surface area (Å²) in [4.78, 5) is 0. The van der Waals surface area contributed by atoms with Gasteiger partial charge in [-0.2, -0.15) is 0 Å². The zero-order valence-corrected chi connectivity index (χ0v) is 38.3. The Kier molecular flexibility index (Phi) is 21.7. The van der Waals surface area contributed by atoms with Gasteiger partial charge in [-0.15, -0.1) is 6.58 Å². The normalized spacial score (nSPS) is 15.9. The summed E-state index contributed by atoms with van der Waals surface area (Å²) in [5, 5.41) is 0.516. The van der Waals surface area contributed by atoms with Gasteiger partial charge in [-0.25, -0.2) is 0 Å². The molecule has 0 aromatic carbocycles. The Bertz CT molecular complexity index is 817. The van der Waals surface area contributed by atoms with E-state index in [2.05, 4.69) is 121 Å². The van der Waals surface area contributed by atoms with Gasteiger partial charge in [0.25, 0.3) is 0 Å². The molecule has 0 aliphatic heterocycles. The first-order valence-corrected chi connectivity index (χ1v) is 28.8. The Morgan fingerprint density at radius 1 is 0.468 bits per heavy atom. The second-order valence-corrected chi connectivity index (χ2v) is 33.8. The molecule has 0 aromatic rings. The number of hydrogen-bond acceptors (Lipinski definition) is 3. The van der Waals surface area contributed by atoms with E-state index in [1.807, 2.05) is 0 Å². The molecule has 0 aromatic heterocycles. The van der Waals surface area contributed by atoms with Crippen LogP contribution in [-0.4, -0.2) is 43.3 Å². The average Bonchev–Trinajstić information content (AvgIpc) is 2.88. The van der Waals surface area contributed by atoms with Crippen molar-refractivity contribution < 1.29 is 13.3 Å². The van der Waals surface area contributed by atoms with Crippen molar-refractivity contribution >= 4 is 25.0 Å². The third kappa shape index (κ3) is 19.5. The van der Waals surface area contributed by atoms with Crippen LogP contribution in [0.5, 0.6) is 0 Å². The van der Waals surface area contributed by atoms with E-state index < -0.39 is 25.0 Å². The van der Waals surface area contributed by atoms with E-state index in [1.54, 1.807) is 0 Å². The third-order valence-corrected chi connectivity index (χ3v) is 25.5. The minimum absolute atomic E-state index is 0.127. The van der Waals surface area contributed by atoms with Crippen LogP contribution in [0.15, 0.2) is 12.7 Å². The SMILES string of the molecule is C=CC[C@H](C[C@H](C[C@H](CCCCCCCCCCCCCCC)O[Si](C)(C)C(C)(C)C)O[Si](C)(C)C(C)(C)C)O[Si](C)(C)C(C)(C)C. The molecular formula is C41H88O3Si3. The molecule has 0 aliphatic carbocycles. The second-order valence-electron chi connectivity index (χ2n) is 19.5. The summed E-state index contributed by atoms with van der Waals surface area (Å²) in [6.07, 6.45) is 24.5. The van der Waals surface area contributed by atoms with Gasteiger partial charge >= 0.3 is 0 Å². The summed E-state index contributed by atoms with van der Waals surface area (Å²) in [5.74, 6) is 0. The Hall–Kier alpha value is 0.271. The van der Waals surface area contributed by atoms with Crippen molar-refractivity contribution in [2.45, 2.75) is 251 Å². The molecule has 0 spiro atoms. The first kappa shape index (κ1) is 47.3. The summed E-state index contributed by atoms with van der Waals surface area (Å²) in [7, 11) is -5.88. The van der Waals surface area contributed by atoms with Crippen LogP contribution in [0, 0.1) is 0 Å². The molecule has 0 fully saturated rings. The fraction of sp³-hybridized carbons (Fsp3) is 0.951. The van der Waals surface area contributed by atoms with Crippen molar-refractivity contribution in [3.63, 3.8) is 0 Å². The maximum atomic E-state index is 7.30. The molecule has 0 radical (unpaired) electrons. The van der Waals surface area contributed by atoms with Crippen molar-refractivity contribution in [1.82, 2.24) is 0 Å². The Labute approximate surface area is 301 Å². The highest BCUT2D eigenvalue weighted by molar-refractivity contribution is 6.75. The Morgan fingerprint density at radius 2 is 0.766 bits per heavy atom. The van der Waals surface area contributed by atoms with Gasteiger partial charge in [-0.1, -0.05) is 159 Å². The Balaban J connectivity index is 5.67. The zero-order valence-electron chi connectivity index (χ0n) is 35.3. The molecule has 0 saturated carbocycles. The summed E-state index contributed by atoms with van der Waals surface area (Å²) in [5.41, 5.74) is 0. The summed E-state index contributed by atoms with van der Waals surface area (Å²) < 4.78 is 21.6. The molecule has 0 heterocycles. The predicted octanol–water partition coefficient (Wildman–Crippen LogP) is 15.0. The molecule has 0 N–H and O–H groups in total. The van der Waals surface area contributed by atoms with E-state index in [-0.39, 0.29) is 33.4 Å². The van der Waals surface area contributed by atoms with Crippen LogP contribution in [0.2, 0.25) is 54.4 Å². The maximum Gasteiger partial charge on any atom is 0.192 e. The molecule has 3 nitrogen and oxygen atoms in total. The van der Waals surface area contributed by atoms with Crippen LogP contribution >= 0.6 is 0 Å². The third-order valence-electron chi connectivity index (χ3n) is 11.9. The van der Waals surface area contributed by atoms with E-state index in [4.69, 9.17) is 13.3 Å². The van der Waals surface area contributed by atoms with Crippen molar-refractivity contribution in [1.29, 1.82) is 0 Å². The van der Waals surface area contributed by atoms with Crippen LogP contribution < -0.4 is 0 Å². The van der Waals surface area contributed by atoms with Crippen molar-refractivity contribution in [3.8, 4) is 0 Å². The maximum absolute atomic E-state index is 7.30. The van der Waals surface area contributed by atoms with E-state index in [9.17, 15) is 0 Å². The molecule has 3 atom stereocenters.